The molecular formula is C16H16N4O3. The van der Waals surface area contributed by atoms with Gasteiger partial charge in [0.1, 0.15) is 4.92 Å². The molecule has 0 unspecified atom stereocenters. The van der Waals surface area contributed by atoms with Crippen LogP contribution in [0.5, 0.6) is 0 Å². The van der Waals surface area contributed by atoms with E-state index in [1.54, 1.807) is 0 Å². The number of nitro groups is 1. The maximum atomic E-state index is 10.6. The summed E-state index contributed by atoms with van der Waals surface area (Å²) in [6, 6.07) is 10.7. The van der Waals surface area contributed by atoms with Crippen LogP contribution in [0, 0.1) is 10.1 Å². The van der Waals surface area contributed by atoms with Crippen molar-refractivity contribution >= 4 is 29.1 Å². The number of aromatic nitrogens is 2. The fraction of sp³-hybridized carbons (Fsp3) is 0.250. The van der Waals surface area contributed by atoms with Gasteiger partial charge in [-0.1, -0.05) is 25.5 Å². The highest BCUT2D eigenvalue weighted by Crippen LogP contribution is 2.23. The van der Waals surface area contributed by atoms with Crippen molar-refractivity contribution in [2.24, 2.45) is 4.99 Å². The van der Waals surface area contributed by atoms with Crippen LogP contribution in [0.2, 0.25) is 0 Å². The molecule has 0 fully saturated rings. The summed E-state index contributed by atoms with van der Waals surface area (Å²) in [5.74, 6) is 0.593. The molecule has 0 amide bonds. The lowest BCUT2D eigenvalue weighted by Crippen LogP contribution is -1.97. The monoisotopic (exact) mass is 312 g/mol. The predicted molar refractivity (Wildman–Crippen MR) is 87.3 cm³/mol. The van der Waals surface area contributed by atoms with Crippen LogP contribution < -0.4 is 0 Å². The summed E-state index contributed by atoms with van der Waals surface area (Å²) in [7, 11) is 0. The summed E-state index contributed by atoms with van der Waals surface area (Å²) in [5.41, 5.74) is 1.90. The number of nitrogens with zero attached hydrogens (tertiary/aromatic N) is 4. The predicted octanol–water partition coefficient (Wildman–Crippen LogP) is 4.09. The fourth-order valence-corrected chi connectivity index (χ4v) is 2.33. The molecule has 0 radical (unpaired) electrons. The molecule has 2 aromatic heterocycles. The van der Waals surface area contributed by atoms with Gasteiger partial charge in [-0.05, 0) is 24.6 Å². The van der Waals surface area contributed by atoms with Crippen LogP contribution in [0.3, 0.4) is 0 Å². The zero-order valence-electron chi connectivity index (χ0n) is 12.7. The van der Waals surface area contributed by atoms with Crippen LogP contribution in [0.1, 0.15) is 25.5 Å². The van der Waals surface area contributed by atoms with Crippen LogP contribution >= 0.6 is 0 Å². The van der Waals surface area contributed by atoms with Gasteiger partial charge in [0, 0.05) is 6.54 Å². The maximum absolute atomic E-state index is 10.6. The van der Waals surface area contributed by atoms with Crippen molar-refractivity contribution in [2.75, 3.05) is 0 Å². The van der Waals surface area contributed by atoms with Crippen LogP contribution in [0.15, 0.2) is 45.8 Å². The van der Waals surface area contributed by atoms with Crippen molar-refractivity contribution in [3.05, 3.63) is 52.3 Å². The zero-order chi connectivity index (χ0) is 16.2. The minimum absolute atomic E-state index is 0.300. The highest BCUT2D eigenvalue weighted by molar-refractivity contribution is 5.82. The van der Waals surface area contributed by atoms with Crippen molar-refractivity contribution in [1.29, 1.82) is 0 Å². The molecule has 0 saturated carbocycles. The zero-order valence-corrected chi connectivity index (χ0v) is 12.7. The molecule has 0 bridgehead atoms. The van der Waals surface area contributed by atoms with E-state index in [1.165, 1.54) is 18.3 Å². The smallest absolute Gasteiger partial charge is 0.400 e. The molecule has 7 heteroatoms. The molecule has 0 atom stereocenters. The summed E-state index contributed by atoms with van der Waals surface area (Å²) in [5, 5.41) is 10.6. The quantitative estimate of drug-likeness (QED) is 0.389. The second-order valence-electron chi connectivity index (χ2n) is 5.10. The second-order valence-corrected chi connectivity index (χ2v) is 5.10. The summed E-state index contributed by atoms with van der Waals surface area (Å²) in [6.07, 6.45) is 3.55. The van der Waals surface area contributed by atoms with Crippen molar-refractivity contribution in [3.8, 4) is 0 Å². The number of imidazole rings is 1. The van der Waals surface area contributed by atoms with Crippen molar-refractivity contribution in [1.82, 2.24) is 9.55 Å². The molecule has 0 aliphatic heterocycles. The van der Waals surface area contributed by atoms with E-state index in [1.807, 2.05) is 28.8 Å². The average Bonchev–Trinajstić information content (AvgIpc) is 3.15. The number of aryl methyl sites for hydroxylation is 1. The van der Waals surface area contributed by atoms with E-state index >= 15 is 0 Å². The molecule has 3 aromatic rings. The van der Waals surface area contributed by atoms with Gasteiger partial charge < -0.3 is 8.98 Å². The van der Waals surface area contributed by atoms with Gasteiger partial charge in [0.25, 0.3) is 0 Å². The molecule has 1 aromatic carbocycles. The molecule has 0 aliphatic rings. The van der Waals surface area contributed by atoms with Gasteiger partial charge in [-0.2, -0.15) is 0 Å². The highest BCUT2D eigenvalue weighted by atomic mass is 16.6. The Labute approximate surface area is 132 Å². The standard InChI is InChI=1S/C16H16N4O3/c1-2-3-10-19-14-7-5-4-6-13(14)18-16(19)17-11-12-8-9-15(23-12)20(21)22/h4-9,11H,2-3,10H2,1H3. The number of hydrogen-bond acceptors (Lipinski definition) is 5. The number of furan rings is 1. The molecule has 0 N–H and O–H groups in total. The number of benzene rings is 1. The Morgan fingerprint density at radius 1 is 1.35 bits per heavy atom. The van der Waals surface area contributed by atoms with Crippen LogP contribution in [0.4, 0.5) is 11.8 Å². The van der Waals surface area contributed by atoms with Gasteiger partial charge in [0.2, 0.25) is 5.95 Å². The average molecular weight is 312 g/mol. The number of hydrogen-bond donors (Lipinski definition) is 0. The number of para-hydroxylation sites is 2. The lowest BCUT2D eigenvalue weighted by molar-refractivity contribution is -0.402. The molecule has 23 heavy (non-hydrogen) atoms. The summed E-state index contributed by atoms with van der Waals surface area (Å²) < 4.78 is 7.12. The summed E-state index contributed by atoms with van der Waals surface area (Å²) in [6.45, 7) is 2.95. The molecule has 3 rings (SSSR count). The second kappa shape index (κ2) is 6.43. The van der Waals surface area contributed by atoms with E-state index in [9.17, 15) is 10.1 Å². The first-order chi connectivity index (χ1) is 11.2. The van der Waals surface area contributed by atoms with Gasteiger partial charge >= 0.3 is 5.88 Å². The minimum atomic E-state index is -0.576. The molecule has 7 nitrogen and oxygen atoms in total. The van der Waals surface area contributed by atoms with E-state index in [0.717, 1.165) is 30.4 Å². The van der Waals surface area contributed by atoms with Gasteiger partial charge in [0.15, 0.2) is 5.76 Å². The Morgan fingerprint density at radius 2 is 2.17 bits per heavy atom. The van der Waals surface area contributed by atoms with Crippen molar-refractivity contribution in [3.63, 3.8) is 0 Å². The Morgan fingerprint density at radius 3 is 2.91 bits per heavy atom. The third-order valence-electron chi connectivity index (χ3n) is 3.47. The van der Waals surface area contributed by atoms with Gasteiger partial charge in [-0.25, -0.2) is 9.98 Å². The topological polar surface area (TPSA) is 86.5 Å². The lowest BCUT2D eigenvalue weighted by Gasteiger charge is -2.04. The number of aliphatic imine (C=N–C) groups is 1. The molecule has 118 valence electrons. The third-order valence-corrected chi connectivity index (χ3v) is 3.47. The van der Waals surface area contributed by atoms with Gasteiger partial charge in [0.05, 0.1) is 23.3 Å². The van der Waals surface area contributed by atoms with Crippen LogP contribution in [-0.4, -0.2) is 20.7 Å². The Bertz CT molecular complexity index is 863. The molecular weight excluding hydrogens is 296 g/mol. The van der Waals surface area contributed by atoms with Gasteiger partial charge in [-0.15, -0.1) is 0 Å². The normalized spacial score (nSPS) is 11.5. The van der Waals surface area contributed by atoms with E-state index in [-0.39, 0.29) is 5.88 Å². The SMILES string of the molecule is CCCCn1c(N=Cc2ccc([N+](=O)[O-])o2)nc2ccccc21. The van der Waals surface area contributed by atoms with Crippen LogP contribution in [-0.2, 0) is 6.54 Å². The van der Waals surface area contributed by atoms with E-state index in [2.05, 4.69) is 16.9 Å². The van der Waals surface area contributed by atoms with Crippen LogP contribution in [0.25, 0.3) is 11.0 Å². The largest absolute Gasteiger partial charge is 0.433 e. The maximum Gasteiger partial charge on any atom is 0.433 e. The summed E-state index contributed by atoms with van der Waals surface area (Å²) in [4.78, 5) is 18.9. The number of unbranched alkanes of at least 4 members (excludes halogenated alkanes) is 1. The summed E-state index contributed by atoms with van der Waals surface area (Å²) >= 11 is 0. The van der Waals surface area contributed by atoms with Gasteiger partial charge in [-0.3, -0.25) is 10.1 Å². The third kappa shape index (κ3) is 3.13. The number of rotatable bonds is 6. The first kappa shape index (κ1) is 15.0. The fourth-order valence-electron chi connectivity index (χ4n) is 2.33. The molecule has 0 spiro atoms. The van der Waals surface area contributed by atoms with Crippen molar-refractivity contribution in [2.45, 2.75) is 26.3 Å². The van der Waals surface area contributed by atoms with E-state index in [0.29, 0.717) is 11.7 Å². The Hall–Kier alpha value is -2.96. The highest BCUT2D eigenvalue weighted by Gasteiger charge is 2.12. The first-order valence-electron chi connectivity index (χ1n) is 7.42. The Kier molecular flexibility index (Phi) is 4.18. The van der Waals surface area contributed by atoms with Crippen molar-refractivity contribution < 1.29 is 9.34 Å². The number of fused-ring (bicyclic) bond motifs is 1. The molecule has 0 aliphatic carbocycles. The Balaban J connectivity index is 1.94. The molecule has 0 saturated heterocycles. The lowest BCUT2D eigenvalue weighted by atomic mass is 10.3. The first-order valence-corrected chi connectivity index (χ1v) is 7.42. The molecule has 2 heterocycles. The van der Waals surface area contributed by atoms with E-state index in [4.69, 9.17) is 4.42 Å². The van der Waals surface area contributed by atoms with E-state index < -0.39 is 4.92 Å². The minimum Gasteiger partial charge on any atom is -0.400 e.